The fraction of sp³-hybridized carbons (Fsp3) is 0.263. The molecule has 0 radical (unpaired) electrons. The average molecular weight is 340 g/mol. The lowest BCUT2D eigenvalue weighted by molar-refractivity contribution is -0.123. The first-order chi connectivity index (χ1) is 12.1. The topological polar surface area (TPSA) is 67.9 Å². The molecule has 130 valence electrons. The Morgan fingerprint density at radius 3 is 2.84 bits per heavy atom. The zero-order valence-corrected chi connectivity index (χ0v) is 14.0. The average Bonchev–Trinajstić information content (AvgIpc) is 2.64. The number of fused-ring (bicyclic) bond motifs is 1. The van der Waals surface area contributed by atoms with Crippen molar-refractivity contribution in [3.8, 4) is 11.5 Å². The van der Waals surface area contributed by atoms with Crippen LogP contribution in [0.5, 0.6) is 11.5 Å². The van der Waals surface area contributed by atoms with Crippen LogP contribution in [0.3, 0.4) is 0 Å². The molecule has 2 aromatic rings. The molecule has 0 fully saturated rings. The van der Waals surface area contributed by atoms with Crippen LogP contribution in [0.15, 0.2) is 48.5 Å². The zero-order valence-electron chi connectivity index (χ0n) is 14.0. The molecular weight excluding hydrogens is 320 g/mol. The second-order valence-electron chi connectivity index (χ2n) is 5.75. The summed E-state index contributed by atoms with van der Waals surface area (Å²) in [7, 11) is 1.73. The summed E-state index contributed by atoms with van der Waals surface area (Å²) in [6, 6.07) is 14.9. The molecule has 0 saturated heterocycles. The normalized spacial score (nSPS) is 13.0. The molecule has 2 amide bonds. The zero-order chi connectivity index (χ0) is 17.6. The molecule has 0 spiro atoms. The third kappa shape index (κ3) is 4.29. The van der Waals surface area contributed by atoms with Gasteiger partial charge in [-0.1, -0.05) is 24.3 Å². The Morgan fingerprint density at radius 1 is 1.24 bits per heavy atom. The van der Waals surface area contributed by atoms with E-state index in [1.807, 2.05) is 36.4 Å². The highest BCUT2D eigenvalue weighted by Crippen LogP contribution is 2.31. The van der Waals surface area contributed by atoms with Gasteiger partial charge in [0.1, 0.15) is 11.5 Å². The van der Waals surface area contributed by atoms with Crippen LogP contribution in [-0.4, -0.2) is 38.6 Å². The maximum Gasteiger partial charge on any atom is 0.264 e. The van der Waals surface area contributed by atoms with Crippen molar-refractivity contribution in [2.45, 2.75) is 6.42 Å². The van der Waals surface area contributed by atoms with Crippen LogP contribution < -0.4 is 19.7 Å². The van der Waals surface area contributed by atoms with Gasteiger partial charge in [-0.05, 0) is 36.2 Å². The number of amides is 2. The highest BCUT2D eigenvalue weighted by Gasteiger charge is 2.22. The third-order valence-corrected chi connectivity index (χ3v) is 3.96. The van der Waals surface area contributed by atoms with Crippen molar-refractivity contribution < 1.29 is 19.1 Å². The lowest BCUT2D eigenvalue weighted by Gasteiger charge is -2.26. The molecule has 0 unspecified atom stereocenters. The van der Waals surface area contributed by atoms with E-state index in [0.29, 0.717) is 24.5 Å². The first-order valence-corrected chi connectivity index (χ1v) is 8.10. The first-order valence-electron chi connectivity index (χ1n) is 8.10. The molecule has 1 heterocycles. The van der Waals surface area contributed by atoms with Gasteiger partial charge in [-0.25, -0.2) is 0 Å². The second kappa shape index (κ2) is 7.70. The molecular formula is C19H20N2O4. The summed E-state index contributed by atoms with van der Waals surface area (Å²) >= 11 is 0. The van der Waals surface area contributed by atoms with Gasteiger partial charge in [0.15, 0.2) is 13.2 Å². The predicted molar refractivity (Wildman–Crippen MR) is 94.0 cm³/mol. The number of nitrogens with zero attached hydrogens (tertiary/aromatic N) is 1. The molecule has 1 N–H and O–H groups in total. The van der Waals surface area contributed by atoms with E-state index in [0.717, 1.165) is 11.3 Å². The van der Waals surface area contributed by atoms with Crippen LogP contribution in [0.4, 0.5) is 5.69 Å². The van der Waals surface area contributed by atoms with E-state index in [4.69, 9.17) is 9.47 Å². The van der Waals surface area contributed by atoms with Crippen molar-refractivity contribution in [1.29, 1.82) is 0 Å². The van der Waals surface area contributed by atoms with E-state index < -0.39 is 0 Å². The van der Waals surface area contributed by atoms with E-state index in [2.05, 4.69) is 5.32 Å². The van der Waals surface area contributed by atoms with Crippen LogP contribution in [0.2, 0.25) is 0 Å². The van der Waals surface area contributed by atoms with Crippen LogP contribution in [-0.2, 0) is 16.0 Å². The van der Waals surface area contributed by atoms with Gasteiger partial charge in [-0.3, -0.25) is 9.59 Å². The number of para-hydroxylation sites is 1. The summed E-state index contributed by atoms with van der Waals surface area (Å²) in [4.78, 5) is 25.1. The van der Waals surface area contributed by atoms with Crippen LogP contribution >= 0.6 is 0 Å². The van der Waals surface area contributed by atoms with Crippen LogP contribution in [0, 0.1) is 0 Å². The summed E-state index contributed by atoms with van der Waals surface area (Å²) in [5.41, 5.74) is 1.78. The number of nitrogens with one attached hydrogen (secondary N) is 1. The number of hydrogen-bond donors (Lipinski definition) is 1. The maximum absolute atomic E-state index is 11.8. The molecule has 0 atom stereocenters. The van der Waals surface area contributed by atoms with Gasteiger partial charge in [-0.15, -0.1) is 0 Å². The quantitative estimate of drug-likeness (QED) is 0.870. The van der Waals surface area contributed by atoms with Gasteiger partial charge in [0.2, 0.25) is 0 Å². The van der Waals surface area contributed by atoms with E-state index in [1.54, 1.807) is 24.1 Å². The first kappa shape index (κ1) is 16.8. The molecule has 25 heavy (non-hydrogen) atoms. The molecule has 0 aliphatic carbocycles. The number of carbonyl (C=O) groups excluding carboxylic acids is 2. The number of hydrogen-bond acceptors (Lipinski definition) is 4. The minimum atomic E-state index is -0.169. The van der Waals surface area contributed by atoms with Gasteiger partial charge in [0.25, 0.3) is 11.8 Å². The Morgan fingerprint density at radius 2 is 2.04 bits per heavy atom. The smallest absolute Gasteiger partial charge is 0.264 e. The van der Waals surface area contributed by atoms with Gasteiger partial charge in [-0.2, -0.15) is 0 Å². The minimum Gasteiger partial charge on any atom is -0.484 e. The van der Waals surface area contributed by atoms with E-state index in [-0.39, 0.29) is 25.0 Å². The third-order valence-electron chi connectivity index (χ3n) is 3.96. The molecule has 6 heteroatoms. The van der Waals surface area contributed by atoms with Crippen molar-refractivity contribution in [1.82, 2.24) is 5.32 Å². The number of likely N-dealkylation sites (N-methyl/N-ethyl adjacent to an activating group) is 1. The van der Waals surface area contributed by atoms with Gasteiger partial charge < -0.3 is 19.7 Å². The van der Waals surface area contributed by atoms with Crippen LogP contribution in [0.25, 0.3) is 0 Å². The maximum atomic E-state index is 11.8. The van der Waals surface area contributed by atoms with Crippen molar-refractivity contribution in [3.63, 3.8) is 0 Å². The van der Waals surface area contributed by atoms with Crippen molar-refractivity contribution in [3.05, 3.63) is 54.1 Å². The molecule has 1 aliphatic heterocycles. The fourth-order valence-corrected chi connectivity index (χ4v) is 2.54. The predicted octanol–water partition coefficient (Wildman–Crippen LogP) is 1.78. The Kier molecular flexibility index (Phi) is 5.18. The Labute approximate surface area is 146 Å². The number of benzene rings is 2. The molecule has 3 rings (SSSR count). The van der Waals surface area contributed by atoms with Crippen molar-refractivity contribution in [2.24, 2.45) is 0 Å². The molecule has 2 aromatic carbocycles. The second-order valence-corrected chi connectivity index (χ2v) is 5.75. The summed E-state index contributed by atoms with van der Waals surface area (Å²) in [6.07, 6.45) is 0.659. The van der Waals surface area contributed by atoms with E-state index in [9.17, 15) is 9.59 Å². The Bertz CT molecular complexity index is 761. The SMILES string of the molecule is CN1C(=O)COc2ccc(CCNC(=O)COc3ccccc3)cc21. The Balaban J connectivity index is 1.47. The number of anilines is 1. The molecule has 1 aliphatic rings. The number of rotatable bonds is 6. The lowest BCUT2D eigenvalue weighted by atomic mass is 10.1. The largest absolute Gasteiger partial charge is 0.484 e. The summed E-state index contributed by atoms with van der Waals surface area (Å²) in [6.45, 7) is 0.549. The molecule has 0 bridgehead atoms. The summed E-state index contributed by atoms with van der Waals surface area (Å²) in [5, 5.41) is 2.83. The van der Waals surface area contributed by atoms with Gasteiger partial charge in [0, 0.05) is 13.6 Å². The number of ether oxygens (including phenoxy) is 2. The molecule has 0 aromatic heterocycles. The van der Waals surface area contributed by atoms with Crippen molar-refractivity contribution in [2.75, 3.05) is 31.7 Å². The highest BCUT2D eigenvalue weighted by atomic mass is 16.5. The summed E-state index contributed by atoms with van der Waals surface area (Å²) < 4.78 is 10.8. The standard InChI is InChI=1S/C19H20N2O4/c1-21-16-11-14(7-8-17(16)25-13-19(21)23)9-10-20-18(22)12-24-15-5-3-2-4-6-15/h2-8,11H,9-10,12-13H2,1H3,(H,20,22). The van der Waals surface area contributed by atoms with Crippen LogP contribution in [0.1, 0.15) is 5.56 Å². The molecule has 0 saturated carbocycles. The van der Waals surface area contributed by atoms with Gasteiger partial charge >= 0.3 is 0 Å². The van der Waals surface area contributed by atoms with E-state index >= 15 is 0 Å². The number of carbonyl (C=O) groups is 2. The summed E-state index contributed by atoms with van der Waals surface area (Å²) in [5.74, 6) is 1.12. The lowest BCUT2D eigenvalue weighted by Crippen LogP contribution is -2.35. The van der Waals surface area contributed by atoms with E-state index in [1.165, 1.54) is 0 Å². The fourth-order valence-electron chi connectivity index (χ4n) is 2.54. The highest BCUT2D eigenvalue weighted by molar-refractivity contribution is 5.97. The Hall–Kier alpha value is -3.02. The molecule has 6 nitrogen and oxygen atoms in total. The van der Waals surface area contributed by atoms with Gasteiger partial charge in [0.05, 0.1) is 5.69 Å². The minimum absolute atomic E-state index is 0.0146. The monoisotopic (exact) mass is 340 g/mol. The van der Waals surface area contributed by atoms with Crippen molar-refractivity contribution >= 4 is 17.5 Å².